The zero-order chi connectivity index (χ0) is 19.6. The largest absolute Gasteiger partial charge is 0.496 e. The van der Waals surface area contributed by atoms with Crippen molar-refractivity contribution < 1.29 is 19.0 Å². The number of benzene rings is 1. The predicted octanol–water partition coefficient (Wildman–Crippen LogP) is 3.69. The second-order valence-electron chi connectivity index (χ2n) is 7.34. The van der Waals surface area contributed by atoms with E-state index >= 15 is 0 Å². The van der Waals surface area contributed by atoms with Crippen LogP contribution < -0.4 is 15.2 Å². The molecular weight excluding hydrogens is 346 g/mol. The molecule has 0 aliphatic carbocycles. The van der Waals surface area contributed by atoms with Gasteiger partial charge in [-0.2, -0.15) is 0 Å². The molecule has 2 N–H and O–H groups in total. The summed E-state index contributed by atoms with van der Waals surface area (Å²) in [6.45, 7) is 6.14. The van der Waals surface area contributed by atoms with E-state index in [2.05, 4.69) is 4.98 Å². The summed E-state index contributed by atoms with van der Waals surface area (Å²) in [6, 6.07) is 10.9. The van der Waals surface area contributed by atoms with Crippen molar-refractivity contribution in [2.24, 2.45) is 0 Å². The van der Waals surface area contributed by atoms with Crippen molar-refractivity contribution in [3.05, 3.63) is 36.4 Å². The molecule has 1 fully saturated rings. The number of nitrogens with two attached hydrogens (primary N) is 1. The van der Waals surface area contributed by atoms with Crippen molar-refractivity contribution in [3.63, 3.8) is 0 Å². The molecule has 144 valence electrons. The third-order valence-electron chi connectivity index (χ3n) is 4.08. The van der Waals surface area contributed by atoms with Gasteiger partial charge in [0.05, 0.1) is 12.8 Å². The van der Waals surface area contributed by atoms with Gasteiger partial charge in [0.25, 0.3) is 0 Å². The van der Waals surface area contributed by atoms with Crippen molar-refractivity contribution >= 4 is 11.9 Å². The molecular formula is C20H25N3O4. The minimum atomic E-state index is -0.535. The lowest BCUT2D eigenvalue weighted by molar-refractivity contribution is -0.0661. The molecule has 2 aromatic rings. The van der Waals surface area contributed by atoms with Crippen molar-refractivity contribution in [2.75, 3.05) is 19.4 Å². The Labute approximate surface area is 159 Å². The van der Waals surface area contributed by atoms with Crippen LogP contribution in [0, 0.1) is 0 Å². The van der Waals surface area contributed by atoms with E-state index in [1.807, 2.05) is 45.0 Å². The van der Waals surface area contributed by atoms with E-state index in [4.69, 9.17) is 19.9 Å². The van der Waals surface area contributed by atoms with Gasteiger partial charge in [-0.15, -0.1) is 0 Å². The molecule has 1 saturated heterocycles. The highest BCUT2D eigenvalue weighted by molar-refractivity contribution is 5.70. The van der Waals surface area contributed by atoms with Gasteiger partial charge in [-0.25, -0.2) is 9.78 Å². The maximum atomic E-state index is 12.2. The van der Waals surface area contributed by atoms with E-state index < -0.39 is 5.60 Å². The summed E-state index contributed by atoms with van der Waals surface area (Å²) in [7, 11) is 1.59. The van der Waals surface area contributed by atoms with Crippen LogP contribution in [0.2, 0.25) is 0 Å². The summed E-state index contributed by atoms with van der Waals surface area (Å²) < 4.78 is 16.8. The number of pyridine rings is 1. The number of nitrogens with zero attached hydrogens (tertiary/aromatic N) is 2. The van der Waals surface area contributed by atoms with Crippen molar-refractivity contribution in [2.45, 2.75) is 39.0 Å². The standard InChI is InChI=1S/C20H25N3O4/c1-20(2,3)27-19(24)23-11-10-18(23)26-13-8-9-14(16(12-13)25-4)15-6-5-7-17(21)22-15/h5-9,12,18H,10-11H2,1-4H3,(H2,21,22). The van der Waals surface area contributed by atoms with Crippen LogP contribution in [0.5, 0.6) is 11.5 Å². The highest BCUT2D eigenvalue weighted by atomic mass is 16.6. The number of aromatic nitrogens is 1. The number of hydrogen-bond donors (Lipinski definition) is 1. The summed E-state index contributed by atoms with van der Waals surface area (Å²) in [5, 5.41) is 0. The van der Waals surface area contributed by atoms with Gasteiger partial charge in [0.1, 0.15) is 22.9 Å². The molecule has 27 heavy (non-hydrogen) atoms. The fourth-order valence-corrected chi connectivity index (χ4v) is 2.73. The Morgan fingerprint density at radius 2 is 2.04 bits per heavy atom. The summed E-state index contributed by atoms with van der Waals surface area (Å²) >= 11 is 0. The van der Waals surface area contributed by atoms with Gasteiger partial charge >= 0.3 is 6.09 Å². The summed E-state index contributed by atoms with van der Waals surface area (Å²) in [5.41, 5.74) is 6.77. The van der Waals surface area contributed by atoms with Crippen LogP contribution in [-0.2, 0) is 4.74 Å². The lowest BCUT2D eigenvalue weighted by Crippen LogP contribution is -2.55. The second-order valence-corrected chi connectivity index (χ2v) is 7.34. The topological polar surface area (TPSA) is 86.9 Å². The van der Waals surface area contributed by atoms with Crippen molar-refractivity contribution in [3.8, 4) is 22.8 Å². The molecule has 1 unspecified atom stereocenters. The molecule has 0 spiro atoms. The zero-order valence-electron chi connectivity index (χ0n) is 16.1. The minimum Gasteiger partial charge on any atom is -0.496 e. The Kier molecular flexibility index (Phi) is 5.12. The molecule has 7 nitrogen and oxygen atoms in total. The van der Waals surface area contributed by atoms with Crippen LogP contribution >= 0.6 is 0 Å². The van der Waals surface area contributed by atoms with Gasteiger partial charge in [-0.1, -0.05) is 6.07 Å². The molecule has 1 aliphatic rings. The van der Waals surface area contributed by atoms with E-state index in [0.29, 0.717) is 23.9 Å². The number of rotatable bonds is 4. The zero-order valence-corrected chi connectivity index (χ0v) is 16.1. The highest BCUT2D eigenvalue weighted by Gasteiger charge is 2.37. The number of carbonyl (C=O) groups excluding carboxylic acids is 1. The van der Waals surface area contributed by atoms with Crippen LogP contribution in [0.1, 0.15) is 27.2 Å². The van der Waals surface area contributed by atoms with Gasteiger partial charge in [-0.3, -0.25) is 4.90 Å². The summed E-state index contributed by atoms with van der Waals surface area (Å²) in [5.74, 6) is 1.67. The summed E-state index contributed by atoms with van der Waals surface area (Å²) in [4.78, 5) is 18.1. The van der Waals surface area contributed by atoms with E-state index in [9.17, 15) is 4.79 Å². The molecule has 1 amide bonds. The Morgan fingerprint density at radius 1 is 1.26 bits per heavy atom. The Bertz CT molecular complexity index is 832. The fourth-order valence-electron chi connectivity index (χ4n) is 2.73. The van der Waals surface area contributed by atoms with E-state index in [1.54, 1.807) is 24.1 Å². The van der Waals surface area contributed by atoms with Gasteiger partial charge in [0.15, 0.2) is 6.23 Å². The van der Waals surface area contributed by atoms with Gasteiger partial charge < -0.3 is 19.9 Å². The number of likely N-dealkylation sites (tertiary alicyclic amines) is 1. The molecule has 7 heteroatoms. The first-order valence-corrected chi connectivity index (χ1v) is 8.84. The van der Waals surface area contributed by atoms with Crippen LogP contribution in [0.15, 0.2) is 36.4 Å². The quantitative estimate of drug-likeness (QED) is 0.882. The first-order valence-electron chi connectivity index (χ1n) is 8.84. The number of methoxy groups -OCH3 is 1. The Morgan fingerprint density at radius 3 is 2.63 bits per heavy atom. The SMILES string of the molecule is COc1cc(OC2CCN2C(=O)OC(C)(C)C)ccc1-c1cccc(N)n1. The molecule has 1 aromatic carbocycles. The predicted molar refractivity (Wildman–Crippen MR) is 103 cm³/mol. The van der Waals surface area contributed by atoms with Gasteiger partial charge in [0, 0.05) is 24.6 Å². The Hall–Kier alpha value is -2.96. The molecule has 1 aliphatic heterocycles. The monoisotopic (exact) mass is 371 g/mol. The van der Waals surface area contributed by atoms with Gasteiger partial charge in [0.2, 0.25) is 0 Å². The number of anilines is 1. The van der Waals surface area contributed by atoms with Crippen LogP contribution in [0.4, 0.5) is 10.6 Å². The first-order chi connectivity index (χ1) is 12.8. The molecule has 0 bridgehead atoms. The second kappa shape index (κ2) is 7.34. The highest BCUT2D eigenvalue weighted by Crippen LogP contribution is 2.34. The molecule has 1 aromatic heterocycles. The lowest BCUT2D eigenvalue weighted by atomic mass is 10.1. The van der Waals surface area contributed by atoms with E-state index in [1.165, 1.54) is 0 Å². The smallest absolute Gasteiger partial charge is 0.413 e. The summed E-state index contributed by atoms with van der Waals surface area (Å²) in [6.07, 6.45) is 0.0345. The van der Waals surface area contributed by atoms with Crippen LogP contribution in [-0.4, -0.2) is 41.5 Å². The van der Waals surface area contributed by atoms with Crippen molar-refractivity contribution in [1.82, 2.24) is 9.88 Å². The maximum absolute atomic E-state index is 12.2. The molecule has 0 radical (unpaired) electrons. The average molecular weight is 371 g/mol. The number of hydrogen-bond acceptors (Lipinski definition) is 6. The Balaban J connectivity index is 1.74. The number of amides is 1. The average Bonchev–Trinajstić information content (AvgIpc) is 2.56. The van der Waals surface area contributed by atoms with Crippen LogP contribution in [0.3, 0.4) is 0 Å². The molecule has 3 rings (SSSR count). The minimum absolute atomic E-state index is 0.346. The van der Waals surface area contributed by atoms with E-state index in [0.717, 1.165) is 17.7 Å². The number of nitrogen functional groups attached to an aromatic ring is 1. The lowest BCUT2D eigenvalue weighted by Gasteiger charge is -2.40. The first kappa shape index (κ1) is 18.8. The normalized spacial score (nSPS) is 16.4. The van der Waals surface area contributed by atoms with Crippen molar-refractivity contribution in [1.29, 1.82) is 0 Å². The maximum Gasteiger partial charge on any atom is 0.413 e. The third kappa shape index (κ3) is 4.42. The fraction of sp³-hybridized carbons (Fsp3) is 0.400. The molecule has 2 heterocycles. The molecule has 0 saturated carbocycles. The van der Waals surface area contributed by atoms with Crippen LogP contribution in [0.25, 0.3) is 11.3 Å². The van der Waals surface area contributed by atoms with E-state index in [-0.39, 0.29) is 12.3 Å². The number of ether oxygens (including phenoxy) is 3. The molecule has 1 atom stereocenters. The number of carbonyl (C=O) groups is 1. The van der Waals surface area contributed by atoms with Gasteiger partial charge in [-0.05, 0) is 45.0 Å². The third-order valence-corrected chi connectivity index (χ3v) is 4.08.